The molecular formula is C22H20N2O4S. The number of benzene rings is 2. The summed E-state index contributed by atoms with van der Waals surface area (Å²) in [5.41, 5.74) is 1.37. The van der Waals surface area contributed by atoms with Crippen LogP contribution in [0.15, 0.2) is 52.3 Å². The SMILES string of the molecule is CCN(C(C)=O)c1nc(COC(=O)Cc2cc3c(ccc4ccccc43)o2)cs1. The molecule has 0 aliphatic rings. The summed E-state index contributed by atoms with van der Waals surface area (Å²) in [5.74, 6) is 0.110. The van der Waals surface area contributed by atoms with Gasteiger partial charge in [0.25, 0.3) is 0 Å². The Morgan fingerprint density at radius 3 is 2.79 bits per heavy atom. The lowest BCUT2D eigenvalue weighted by Crippen LogP contribution is -2.27. The lowest BCUT2D eigenvalue weighted by atomic mass is 10.1. The van der Waals surface area contributed by atoms with Crippen LogP contribution in [0.25, 0.3) is 21.7 Å². The molecule has 4 rings (SSSR count). The van der Waals surface area contributed by atoms with Crippen LogP contribution in [-0.4, -0.2) is 23.4 Å². The number of nitrogens with zero attached hydrogens (tertiary/aromatic N) is 2. The molecule has 0 unspecified atom stereocenters. The van der Waals surface area contributed by atoms with E-state index in [1.54, 1.807) is 10.3 Å². The van der Waals surface area contributed by atoms with Crippen LogP contribution in [0.2, 0.25) is 0 Å². The first-order valence-corrected chi connectivity index (χ1v) is 10.2. The molecule has 1 amide bonds. The van der Waals surface area contributed by atoms with E-state index < -0.39 is 0 Å². The summed E-state index contributed by atoms with van der Waals surface area (Å²) in [5, 5.41) is 5.60. The zero-order chi connectivity index (χ0) is 20.4. The van der Waals surface area contributed by atoms with Crippen LogP contribution in [0.3, 0.4) is 0 Å². The molecule has 0 N–H and O–H groups in total. The van der Waals surface area contributed by atoms with E-state index in [9.17, 15) is 9.59 Å². The average molecular weight is 408 g/mol. The molecule has 0 saturated carbocycles. The monoisotopic (exact) mass is 408 g/mol. The Balaban J connectivity index is 1.42. The van der Waals surface area contributed by atoms with Gasteiger partial charge in [-0.15, -0.1) is 11.3 Å². The molecule has 6 nitrogen and oxygen atoms in total. The van der Waals surface area contributed by atoms with Crippen LogP contribution in [0.1, 0.15) is 25.3 Å². The van der Waals surface area contributed by atoms with Gasteiger partial charge in [-0.05, 0) is 29.8 Å². The highest BCUT2D eigenvalue weighted by molar-refractivity contribution is 7.14. The third-order valence-corrected chi connectivity index (χ3v) is 5.56. The Morgan fingerprint density at radius 1 is 1.17 bits per heavy atom. The summed E-state index contributed by atoms with van der Waals surface area (Å²) in [7, 11) is 0. The van der Waals surface area contributed by atoms with Crippen molar-refractivity contribution >= 4 is 50.1 Å². The minimum Gasteiger partial charge on any atom is -0.460 e. The summed E-state index contributed by atoms with van der Waals surface area (Å²) in [4.78, 5) is 29.8. The van der Waals surface area contributed by atoms with E-state index >= 15 is 0 Å². The number of rotatable bonds is 6. The second-order valence-electron chi connectivity index (χ2n) is 6.63. The molecule has 148 valence electrons. The highest BCUT2D eigenvalue weighted by Crippen LogP contribution is 2.28. The number of anilines is 1. The van der Waals surface area contributed by atoms with Gasteiger partial charge in [-0.1, -0.05) is 30.3 Å². The number of aromatic nitrogens is 1. The maximum absolute atomic E-state index is 12.3. The maximum Gasteiger partial charge on any atom is 0.313 e. The van der Waals surface area contributed by atoms with Crippen LogP contribution in [0.4, 0.5) is 5.13 Å². The lowest BCUT2D eigenvalue weighted by molar-refractivity contribution is -0.144. The van der Waals surface area contributed by atoms with Gasteiger partial charge >= 0.3 is 5.97 Å². The fraction of sp³-hybridized carbons (Fsp3) is 0.227. The Bertz CT molecular complexity index is 1190. The summed E-state index contributed by atoms with van der Waals surface area (Å²) < 4.78 is 11.2. The van der Waals surface area contributed by atoms with Crippen molar-refractivity contribution in [2.24, 2.45) is 0 Å². The van der Waals surface area contributed by atoms with Gasteiger partial charge in [0.1, 0.15) is 24.4 Å². The first-order chi connectivity index (χ1) is 14.0. The minimum absolute atomic E-state index is 0.0501. The van der Waals surface area contributed by atoms with Gasteiger partial charge in [0, 0.05) is 24.2 Å². The standard InChI is InChI=1S/C22H20N2O4S/c1-3-24(14(2)25)22-23-16(13-29-22)12-27-21(26)11-17-10-19-18-7-5-4-6-15(18)8-9-20(19)28-17/h4-10,13H,3,11-12H2,1-2H3. The third kappa shape index (κ3) is 4.00. The number of thiazole rings is 1. The lowest BCUT2D eigenvalue weighted by Gasteiger charge is -2.14. The molecule has 0 aliphatic carbocycles. The van der Waals surface area contributed by atoms with Crippen LogP contribution < -0.4 is 4.90 Å². The van der Waals surface area contributed by atoms with Crippen molar-refractivity contribution in [2.45, 2.75) is 26.9 Å². The molecule has 0 saturated heterocycles. The van der Waals surface area contributed by atoms with E-state index in [0.29, 0.717) is 23.1 Å². The van der Waals surface area contributed by atoms with E-state index in [1.165, 1.54) is 18.3 Å². The van der Waals surface area contributed by atoms with Crippen LogP contribution >= 0.6 is 11.3 Å². The third-order valence-electron chi connectivity index (χ3n) is 4.64. The quantitative estimate of drug-likeness (QED) is 0.432. The second kappa shape index (κ2) is 8.05. The zero-order valence-corrected chi connectivity index (χ0v) is 17.0. The number of hydrogen-bond donors (Lipinski definition) is 0. The van der Waals surface area contributed by atoms with Crippen molar-refractivity contribution < 1.29 is 18.7 Å². The predicted octanol–water partition coefficient (Wildman–Crippen LogP) is 4.70. The highest BCUT2D eigenvalue weighted by atomic mass is 32.1. The van der Waals surface area contributed by atoms with E-state index in [1.807, 2.05) is 49.4 Å². The van der Waals surface area contributed by atoms with Gasteiger partial charge in [-0.2, -0.15) is 0 Å². The van der Waals surface area contributed by atoms with E-state index in [-0.39, 0.29) is 24.9 Å². The smallest absolute Gasteiger partial charge is 0.313 e. The predicted molar refractivity (Wildman–Crippen MR) is 113 cm³/mol. The number of carbonyl (C=O) groups is 2. The number of carbonyl (C=O) groups excluding carboxylic acids is 2. The number of fused-ring (bicyclic) bond motifs is 3. The molecule has 29 heavy (non-hydrogen) atoms. The summed E-state index contributed by atoms with van der Waals surface area (Å²) >= 11 is 1.35. The van der Waals surface area contributed by atoms with E-state index in [4.69, 9.17) is 9.15 Å². The first kappa shape index (κ1) is 19.1. The molecule has 0 radical (unpaired) electrons. The Labute approximate surface area is 171 Å². The molecule has 2 aromatic heterocycles. The van der Waals surface area contributed by atoms with Crippen LogP contribution in [-0.2, 0) is 27.4 Å². The molecule has 2 heterocycles. The topological polar surface area (TPSA) is 72.6 Å². The molecular weight excluding hydrogens is 388 g/mol. The number of ether oxygens (including phenoxy) is 1. The van der Waals surface area contributed by atoms with Gasteiger partial charge in [0.2, 0.25) is 5.91 Å². The summed E-state index contributed by atoms with van der Waals surface area (Å²) in [6.45, 7) is 4.00. The molecule has 0 atom stereocenters. The fourth-order valence-corrected chi connectivity index (χ4v) is 4.18. The first-order valence-electron chi connectivity index (χ1n) is 9.33. The van der Waals surface area contributed by atoms with Crippen molar-refractivity contribution in [1.29, 1.82) is 0 Å². The van der Waals surface area contributed by atoms with Gasteiger partial charge < -0.3 is 9.15 Å². The molecule has 0 fully saturated rings. The summed E-state index contributed by atoms with van der Waals surface area (Å²) in [6, 6.07) is 13.9. The van der Waals surface area contributed by atoms with Crippen LogP contribution in [0.5, 0.6) is 0 Å². The van der Waals surface area contributed by atoms with Crippen molar-refractivity contribution in [3.05, 3.63) is 59.3 Å². The normalized spacial score (nSPS) is 11.1. The van der Waals surface area contributed by atoms with Crippen molar-refractivity contribution in [1.82, 2.24) is 4.98 Å². The van der Waals surface area contributed by atoms with E-state index in [0.717, 1.165) is 21.7 Å². The average Bonchev–Trinajstić information content (AvgIpc) is 3.33. The van der Waals surface area contributed by atoms with E-state index in [2.05, 4.69) is 4.98 Å². The number of hydrogen-bond acceptors (Lipinski definition) is 6. The molecule has 0 spiro atoms. The Kier molecular flexibility index (Phi) is 5.31. The zero-order valence-electron chi connectivity index (χ0n) is 16.2. The second-order valence-corrected chi connectivity index (χ2v) is 7.47. The molecule has 0 aliphatic heterocycles. The van der Waals surface area contributed by atoms with Gasteiger partial charge in [0.05, 0.1) is 5.69 Å². The summed E-state index contributed by atoms with van der Waals surface area (Å²) in [6.07, 6.45) is 0.0501. The molecule has 7 heteroatoms. The largest absolute Gasteiger partial charge is 0.460 e. The Hall–Kier alpha value is -3.19. The molecule has 2 aromatic carbocycles. The van der Waals surface area contributed by atoms with Gasteiger partial charge in [0.15, 0.2) is 5.13 Å². The number of furan rings is 1. The minimum atomic E-state index is -0.387. The number of amides is 1. The number of esters is 1. The Morgan fingerprint density at radius 2 is 2.00 bits per heavy atom. The van der Waals surface area contributed by atoms with Crippen LogP contribution in [0, 0.1) is 0 Å². The van der Waals surface area contributed by atoms with Crippen molar-refractivity contribution in [2.75, 3.05) is 11.4 Å². The highest BCUT2D eigenvalue weighted by Gasteiger charge is 2.15. The molecule has 4 aromatic rings. The van der Waals surface area contributed by atoms with Crippen molar-refractivity contribution in [3.63, 3.8) is 0 Å². The van der Waals surface area contributed by atoms with Crippen molar-refractivity contribution in [3.8, 4) is 0 Å². The molecule has 0 bridgehead atoms. The maximum atomic E-state index is 12.3. The van der Waals surface area contributed by atoms with Gasteiger partial charge in [-0.3, -0.25) is 14.5 Å². The van der Waals surface area contributed by atoms with Gasteiger partial charge in [-0.25, -0.2) is 4.98 Å². The fourth-order valence-electron chi connectivity index (χ4n) is 3.26.